The van der Waals surface area contributed by atoms with E-state index in [0.29, 0.717) is 19.7 Å². The minimum atomic E-state index is -0.0827. The minimum Gasteiger partial charge on any atom is -0.491 e. The first-order valence-electron chi connectivity index (χ1n) is 5.72. The summed E-state index contributed by atoms with van der Waals surface area (Å²) < 4.78 is 7.12. The van der Waals surface area contributed by atoms with Gasteiger partial charge in [-0.2, -0.15) is 0 Å². The Morgan fingerprint density at radius 2 is 2.11 bits per heavy atom. The normalized spacial score (nSPS) is 10.3. The number of benzene rings is 1. The number of nitrogens with zero attached hydrogens (tertiary/aromatic N) is 2. The van der Waals surface area contributed by atoms with Crippen LogP contribution in [0.5, 0.6) is 5.75 Å². The molecule has 0 bridgehead atoms. The lowest BCUT2D eigenvalue weighted by Gasteiger charge is -2.10. The van der Waals surface area contributed by atoms with Crippen LogP contribution in [0.15, 0.2) is 47.7 Å². The van der Waals surface area contributed by atoms with Crippen molar-refractivity contribution < 1.29 is 4.74 Å². The molecule has 5 heteroatoms. The Kier molecular flexibility index (Phi) is 4.09. The molecule has 0 radical (unpaired) electrons. The van der Waals surface area contributed by atoms with Crippen molar-refractivity contribution in [2.45, 2.75) is 13.1 Å². The van der Waals surface area contributed by atoms with E-state index in [0.717, 1.165) is 11.3 Å². The molecule has 1 aromatic carbocycles. The first-order valence-corrected chi connectivity index (χ1v) is 5.72. The molecule has 2 aromatic rings. The third-order valence-electron chi connectivity index (χ3n) is 2.57. The van der Waals surface area contributed by atoms with E-state index < -0.39 is 0 Å². The van der Waals surface area contributed by atoms with Gasteiger partial charge in [0, 0.05) is 24.4 Å². The van der Waals surface area contributed by atoms with Gasteiger partial charge < -0.3 is 10.5 Å². The van der Waals surface area contributed by atoms with E-state index in [2.05, 4.69) is 4.98 Å². The maximum absolute atomic E-state index is 11.4. The van der Waals surface area contributed by atoms with Gasteiger partial charge in [-0.3, -0.25) is 9.36 Å². The zero-order chi connectivity index (χ0) is 12.8. The monoisotopic (exact) mass is 245 g/mol. The maximum atomic E-state index is 11.4. The number of para-hydroxylation sites is 1. The molecule has 94 valence electrons. The smallest absolute Gasteiger partial charge is 0.253 e. The summed E-state index contributed by atoms with van der Waals surface area (Å²) in [5, 5.41) is 0. The molecule has 0 aliphatic heterocycles. The molecule has 0 spiro atoms. The third-order valence-corrected chi connectivity index (χ3v) is 2.57. The largest absolute Gasteiger partial charge is 0.491 e. The van der Waals surface area contributed by atoms with E-state index in [9.17, 15) is 4.79 Å². The van der Waals surface area contributed by atoms with Crippen molar-refractivity contribution in [2.75, 3.05) is 6.61 Å². The van der Waals surface area contributed by atoms with Gasteiger partial charge in [-0.1, -0.05) is 18.2 Å². The fraction of sp³-hybridized carbons (Fsp3) is 0.231. The lowest BCUT2D eigenvalue weighted by molar-refractivity contribution is 0.293. The first kappa shape index (κ1) is 12.3. The van der Waals surface area contributed by atoms with Crippen LogP contribution in [0.3, 0.4) is 0 Å². The van der Waals surface area contributed by atoms with Crippen LogP contribution < -0.4 is 16.0 Å². The lowest BCUT2D eigenvalue weighted by Crippen LogP contribution is -2.22. The van der Waals surface area contributed by atoms with Gasteiger partial charge in [-0.05, 0) is 6.07 Å². The van der Waals surface area contributed by atoms with E-state index in [4.69, 9.17) is 10.5 Å². The zero-order valence-corrected chi connectivity index (χ0v) is 9.95. The number of ether oxygens (including phenoxy) is 1. The second kappa shape index (κ2) is 5.97. The Hall–Kier alpha value is -2.14. The first-order chi connectivity index (χ1) is 8.81. The van der Waals surface area contributed by atoms with Gasteiger partial charge in [-0.15, -0.1) is 0 Å². The van der Waals surface area contributed by atoms with Gasteiger partial charge >= 0.3 is 0 Å². The van der Waals surface area contributed by atoms with Crippen molar-refractivity contribution in [3.05, 3.63) is 58.8 Å². The Balaban J connectivity index is 1.97. The van der Waals surface area contributed by atoms with Gasteiger partial charge in [-0.25, -0.2) is 4.98 Å². The highest BCUT2D eigenvalue weighted by Gasteiger charge is 2.01. The van der Waals surface area contributed by atoms with Crippen molar-refractivity contribution in [1.82, 2.24) is 9.55 Å². The average molecular weight is 245 g/mol. The summed E-state index contributed by atoms with van der Waals surface area (Å²) in [6.45, 7) is 1.30. The molecular weight excluding hydrogens is 230 g/mol. The van der Waals surface area contributed by atoms with Crippen LogP contribution in [-0.4, -0.2) is 16.2 Å². The average Bonchev–Trinajstić information content (AvgIpc) is 2.41. The quantitative estimate of drug-likeness (QED) is 0.845. The molecule has 0 saturated heterocycles. The van der Waals surface area contributed by atoms with E-state index in [-0.39, 0.29) is 5.56 Å². The molecule has 0 atom stereocenters. The molecule has 18 heavy (non-hydrogen) atoms. The van der Waals surface area contributed by atoms with Crippen LogP contribution in [0.1, 0.15) is 5.56 Å². The van der Waals surface area contributed by atoms with Crippen LogP contribution >= 0.6 is 0 Å². The molecular formula is C13H15N3O2. The number of rotatable bonds is 5. The van der Waals surface area contributed by atoms with Crippen LogP contribution in [-0.2, 0) is 13.1 Å². The molecule has 0 amide bonds. The Labute approximate surface area is 105 Å². The van der Waals surface area contributed by atoms with Crippen molar-refractivity contribution in [3.63, 3.8) is 0 Å². The number of hydrogen-bond donors (Lipinski definition) is 1. The van der Waals surface area contributed by atoms with E-state index in [1.54, 1.807) is 0 Å². The summed E-state index contributed by atoms with van der Waals surface area (Å²) >= 11 is 0. The maximum Gasteiger partial charge on any atom is 0.253 e. The molecule has 0 saturated carbocycles. The molecule has 1 aromatic heterocycles. The fourth-order valence-electron chi connectivity index (χ4n) is 1.61. The van der Waals surface area contributed by atoms with Crippen molar-refractivity contribution in [1.29, 1.82) is 0 Å². The summed E-state index contributed by atoms with van der Waals surface area (Å²) in [5.41, 5.74) is 6.48. The Morgan fingerprint density at radius 1 is 1.28 bits per heavy atom. The van der Waals surface area contributed by atoms with Gasteiger partial charge in [0.2, 0.25) is 0 Å². The van der Waals surface area contributed by atoms with Crippen molar-refractivity contribution in [3.8, 4) is 5.75 Å². The van der Waals surface area contributed by atoms with Crippen LogP contribution in [0.2, 0.25) is 0 Å². The molecule has 0 unspecified atom stereocenters. The molecule has 0 aliphatic carbocycles. The van der Waals surface area contributed by atoms with Crippen molar-refractivity contribution in [2.24, 2.45) is 5.73 Å². The highest BCUT2D eigenvalue weighted by molar-refractivity contribution is 5.32. The van der Waals surface area contributed by atoms with E-state index in [1.165, 1.54) is 23.2 Å². The van der Waals surface area contributed by atoms with Crippen LogP contribution in [0, 0.1) is 0 Å². The standard InChI is InChI=1S/C13H15N3O2/c14-9-11-3-1-2-4-12(11)18-8-7-16-10-15-6-5-13(16)17/h1-6,10H,7-9,14H2. The van der Waals surface area contributed by atoms with Gasteiger partial charge in [0.25, 0.3) is 5.56 Å². The van der Waals surface area contributed by atoms with Crippen LogP contribution in [0.25, 0.3) is 0 Å². The van der Waals surface area contributed by atoms with Gasteiger partial charge in [0.15, 0.2) is 0 Å². The molecule has 0 aliphatic rings. The number of aromatic nitrogens is 2. The van der Waals surface area contributed by atoms with E-state index >= 15 is 0 Å². The topological polar surface area (TPSA) is 70.1 Å². The lowest BCUT2D eigenvalue weighted by atomic mass is 10.2. The predicted molar refractivity (Wildman–Crippen MR) is 68.3 cm³/mol. The molecule has 2 N–H and O–H groups in total. The zero-order valence-electron chi connectivity index (χ0n) is 9.95. The predicted octanol–water partition coefficient (Wildman–Crippen LogP) is 0.781. The van der Waals surface area contributed by atoms with Gasteiger partial charge in [0.1, 0.15) is 12.4 Å². The second-order valence-electron chi connectivity index (χ2n) is 3.77. The third kappa shape index (κ3) is 2.95. The highest BCUT2D eigenvalue weighted by Crippen LogP contribution is 2.16. The molecule has 2 rings (SSSR count). The number of nitrogens with two attached hydrogens (primary N) is 1. The minimum absolute atomic E-state index is 0.0827. The summed E-state index contributed by atoms with van der Waals surface area (Å²) in [4.78, 5) is 15.3. The Morgan fingerprint density at radius 3 is 2.89 bits per heavy atom. The van der Waals surface area contributed by atoms with Gasteiger partial charge in [0.05, 0.1) is 12.9 Å². The van der Waals surface area contributed by atoms with Crippen molar-refractivity contribution >= 4 is 0 Å². The molecule has 0 fully saturated rings. The highest BCUT2D eigenvalue weighted by atomic mass is 16.5. The number of hydrogen-bond acceptors (Lipinski definition) is 4. The molecule has 1 heterocycles. The molecule has 5 nitrogen and oxygen atoms in total. The Bertz CT molecular complexity index is 566. The second-order valence-corrected chi connectivity index (χ2v) is 3.77. The summed E-state index contributed by atoms with van der Waals surface area (Å²) in [6, 6.07) is 9.03. The fourth-order valence-corrected chi connectivity index (χ4v) is 1.61. The summed E-state index contributed by atoms with van der Waals surface area (Å²) in [6.07, 6.45) is 2.98. The summed E-state index contributed by atoms with van der Waals surface area (Å²) in [5.74, 6) is 0.761. The SMILES string of the molecule is NCc1ccccc1OCCn1cnccc1=O. The van der Waals surface area contributed by atoms with E-state index in [1.807, 2.05) is 24.3 Å². The van der Waals surface area contributed by atoms with Crippen LogP contribution in [0.4, 0.5) is 0 Å². The summed E-state index contributed by atoms with van der Waals surface area (Å²) in [7, 11) is 0.